The van der Waals surface area contributed by atoms with Gasteiger partial charge in [-0.25, -0.2) is 19.8 Å². The summed E-state index contributed by atoms with van der Waals surface area (Å²) in [5.41, 5.74) is 0. The van der Waals surface area contributed by atoms with Crippen molar-refractivity contribution in [3.05, 3.63) is 0 Å². The van der Waals surface area contributed by atoms with E-state index in [9.17, 15) is 14.8 Å². The molecule has 1 atom stereocenters. The lowest BCUT2D eigenvalue weighted by Gasteiger charge is -2.23. The lowest BCUT2D eigenvalue weighted by Crippen LogP contribution is -2.50. The number of aliphatic carboxylic acids is 2. The van der Waals surface area contributed by atoms with Crippen molar-refractivity contribution in [3.8, 4) is 0 Å². The Hall–Kier alpha value is -1.51. The van der Waals surface area contributed by atoms with Crippen LogP contribution in [0.25, 0.3) is 0 Å². The smallest absolute Gasteiger partial charge is 0.362 e. The summed E-state index contributed by atoms with van der Waals surface area (Å²) >= 11 is 0. The third-order valence-corrected chi connectivity index (χ3v) is 4.26. The first-order valence-corrected chi connectivity index (χ1v) is 9.88. The zero-order valence-electron chi connectivity index (χ0n) is 17.5. The van der Waals surface area contributed by atoms with Crippen molar-refractivity contribution in [2.75, 3.05) is 47.3 Å². The SMILES string of the molecule is CCCCCCCCCC1=NCC[N+]1(O)CC(=O)O.C[N+](C)(C)CC(=O)O. The molecule has 0 bridgehead atoms. The first kappa shape index (κ1) is 25.5. The van der Waals surface area contributed by atoms with E-state index in [-0.39, 0.29) is 13.1 Å². The van der Waals surface area contributed by atoms with Gasteiger partial charge in [-0.1, -0.05) is 45.4 Å². The van der Waals surface area contributed by atoms with Crippen molar-refractivity contribution >= 4 is 17.8 Å². The fourth-order valence-corrected chi connectivity index (χ4v) is 2.93. The van der Waals surface area contributed by atoms with Crippen LogP contribution in [0.1, 0.15) is 58.3 Å². The lowest BCUT2D eigenvalue weighted by atomic mass is 10.1. The molecule has 0 fully saturated rings. The van der Waals surface area contributed by atoms with E-state index in [1.54, 1.807) is 0 Å². The van der Waals surface area contributed by atoms with E-state index in [0.29, 0.717) is 23.4 Å². The normalized spacial score (nSPS) is 19.2. The van der Waals surface area contributed by atoms with Gasteiger partial charge in [-0.15, -0.1) is 4.65 Å². The van der Waals surface area contributed by atoms with Gasteiger partial charge in [-0.05, 0) is 6.42 Å². The number of rotatable bonds is 12. The van der Waals surface area contributed by atoms with Crippen molar-refractivity contribution in [1.82, 2.24) is 0 Å². The van der Waals surface area contributed by atoms with E-state index in [0.717, 1.165) is 19.3 Å². The van der Waals surface area contributed by atoms with Gasteiger partial charge < -0.3 is 14.7 Å². The van der Waals surface area contributed by atoms with Gasteiger partial charge in [-0.2, -0.15) is 0 Å². The standard InChI is InChI=1S/C14H26N2O3.C5H11NO2/c1-2-3-4-5-6-7-8-9-13-15-10-11-16(13,19)12-14(17)18;1-6(2,3)4-5(7)8/h19H,2-12H2,1H3;4H2,1-3H3/p+2. The quantitative estimate of drug-likeness (QED) is 0.351. The maximum Gasteiger partial charge on any atom is 0.362 e. The van der Waals surface area contributed by atoms with E-state index >= 15 is 0 Å². The van der Waals surface area contributed by atoms with Crippen LogP contribution < -0.4 is 0 Å². The second-order valence-corrected chi connectivity index (χ2v) is 8.21. The average molecular weight is 390 g/mol. The minimum Gasteiger partial charge on any atom is -0.477 e. The summed E-state index contributed by atoms with van der Waals surface area (Å²) in [5, 5.41) is 27.3. The fraction of sp³-hybridized carbons (Fsp3) is 0.842. The molecule has 0 aromatic rings. The second kappa shape index (κ2) is 12.8. The van der Waals surface area contributed by atoms with Crippen LogP contribution in [-0.4, -0.2) is 89.6 Å². The number of carboxylic acid groups (broad SMARTS) is 2. The molecular weight excluding hydrogens is 350 g/mol. The zero-order chi connectivity index (χ0) is 20.9. The van der Waals surface area contributed by atoms with Crippen LogP contribution in [-0.2, 0) is 9.59 Å². The van der Waals surface area contributed by atoms with Gasteiger partial charge >= 0.3 is 11.9 Å². The Labute approximate surface area is 163 Å². The highest BCUT2D eigenvalue weighted by Crippen LogP contribution is 2.17. The topological polar surface area (TPSA) is 107 Å². The Morgan fingerprint density at radius 1 is 1.00 bits per heavy atom. The molecule has 27 heavy (non-hydrogen) atoms. The number of hydrogen-bond acceptors (Lipinski definition) is 4. The van der Waals surface area contributed by atoms with E-state index in [1.165, 1.54) is 32.1 Å². The van der Waals surface area contributed by atoms with Crippen LogP contribution in [0.15, 0.2) is 4.99 Å². The Morgan fingerprint density at radius 3 is 2.00 bits per heavy atom. The molecule has 0 aromatic heterocycles. The highest BCUT2D eigenvalue weighted by Gasteiger charge is 2.39. The van der Waals surface area contributed by atoms with Gasteiger partial charge in [0, 0.05) is 6.42 Å². The molecule has 0 saturated carbocycles. The van der Waals surface area contributed by atoms with Gasteiger partial charge in [0.05, 0.1) is 27.7 Å². The van der Waals surface area contributed by atoms with Gasteiger partial charge in [0.2, 0.25) is 12.4 Å². The van der Waals surface area contributed by atoms with Crippen LogP contribution in [0, 0.1) is 0 Å². The Balaban J connectivity index is 0.000000713. The molecule has 0 aromatic carbocycles. The predicted molar refractivity (Wildman–Crippen MR) is 105 cm³/mol. The summed E-state index contributed by atoms with van der Waals surface area (Å²) in [4.78, 5) is 25.0. The number of quaternary nitrogens is 2. The van der Waals surface area contributed by atoms with Crippen LogP contribution in [0.3, 0.4) is 0 Å². The molecule has 0 aliphatic carbocycles. The molecule has 0 saturated heterocycles. The largest absolute Gasteiger partial charge is 0.477 e. The van der Waals surface area contributed by atoms with Crippen molar-refractivity contribution in [2.24, 2.45) is 4.99 Å². The lowest BCUT2D eigenvalue weighted by molar-refractivity contribution is -1.02. The highest BCUT2D eigenvalue weighted by molar-refractivity contribution is 5.79. The number of carbonyl (C=O) groups is 2. The number of unbranched alkanes of at least 4 members (excludes halogenated alkanes) is 6. The van der Waals surface area contributed by atoms with Crippen molar-refractivity contribution < 1.29 is 34.1 Å². The van der Waals surface area contributed by atoms with Gasteiger partial charge in [0.25, 0.3) is 0 Å². The molecule has 0 spiro atoms. The molecule has 1 rings (SSSR count). The molecular formula is C19H39N3O5+2. The van der Waals surface area contributed by atoms with Crippen LogP contribution in [0.4, 0.5) is 0 Å². The minimum absolute atomic E-state index is 0.181. The van der Waals surface area contributed by atoms with Gasteiger partial charge in [0.1, 0.15) is 6.54 Å². The molecule has 1 heterocycles. The molecule has 1 unspecified atom stereocenters. The number of hydroxylamine groups is 3. The van der Waals surface area contributed by atoms with E-state index in [4.69, 9.17) is 10.2 Å². The van der Waals surface area contributed by atoms with Crippen LogP contribution in [0.2, 0.25) is 0 Å². The molecule has 1 aliphatic heterocycles. The Bertz CT molecular complexity index is 488. The summed E-state index contributed by atoms with van der Waals surface area (Å²) < 4.78 is 0.000497. The van der Waals surface area contributed by atoms with Gasteiger partial charge in [-0.3, -0.25) is 0 Å². The van der Waals surface area contributed by atoms with Gasteiger partial charge in [0.15, 0.2) is 6.54 Å². The third-order valence-electron chi connectivity index (χ3n) is 4.26. The number of hydrogen-bond donors (Lipinski definition) is 3. The maximum absolute atomic E-state index is 10.8. The third kappa shape index (κ3) is 13.3. The van der Waals surface area contributed by atoms with Crippen molar-refractivity contribution in [2.45, 2.75) is 58.3 Å². The number of amidine groups is 1. The summed E-state index contributed by atoms with van der Waals surface area (Å²) in [6, 6.07) is 0. The minimum atomic E-state index is -0.975. The monoisotopic (exact) mass is 389 g/mol. The number of aliphatic imine (C=N–C) groups is 1. The molecule has 8 nitrogen and oxygen atoms in total. The summed E-state index contributed by atoms with van der Waals surface area (Å²) in [6.45, 7) is 3.06. The zero-order valence-corrected chi connectivity index (χ0v) is 17.5. The predicted octanol–water partition coefficient (Wildman–Crippen LogP) is 2.61. The number of nitrogens with zero attached hydrogens (tertiary/aromatic N) is 3. The number of likely N-dealkylation sites (N-methyl/N-ethyl adjacent to an activating group) is 1. The molecule has 0 amide bonds. The first-order chi connectivity index (χ1) is 12.5. The number of carboxylic acids is 2. The summed E-state index contributed by atoms with van der Waals surface area (Å²) in [6.07, 6.45) is 9.21. The molecule has 8 heteroatoms. The Kier molecular flexibility index (Phi) is 12.1. The second-order valence-electron chi connectivity index (χ2n) is 8.21. The first-order valence-electron chi connectivity index (χ1n) is 9.88. The fourth-order valence-electron chi connectivity index (χ4n) is 2.93. The Morgan fingerprint density at radius 2 is 1.56 bits per heavy atom. The van der Waals surface area contributed by atoms with Crippen molar-refractivity contribution in [3.63, 3.8) is 0 Å². The van der Waals surface area contributed by atoms with E-state index < -0.39 is 16.6 Å². The van der Waals surface area contributed by atoms with Crippen LogP contribution in [0.5, 0.6) is 0 Å². The van der Waals surface area contributed by atoms with E-state index in [1.807, 2.05) is 21.1 Å². The molecule has 0 radical (unpaired) electrons. The summed E-state index contributed by atoms with van der Waals surface area (Å²) in [7, 11) is 5.52. The highest BCUT2D eigenvalue weighted by atomic mass is 16.6. The van der Waals surface area contributed by atoms with Crippen LogP contribution >= 0.6 is 0 Å². The molecule has 3 N–H and O–H groups in total. The van der Waals surface area contributed by atoms with E-state index in [2.05, 4.69) is 11.9 Å². The summed E-state index contributed by atoms with van der Waals surface area (Å²) in [5.74, 6) is -1.08. The maximum atomic E-state index is 10.8. The van der Waals surface area contributed by atoms with Crippen molar-refractivity contribution in [1.29, 1.82) is 0 Å². The molecule has 1 aliphatic rings. The molecule has 158 valence electrons. The average Bonchev–Trinajstić information content (AvgIpc) is 2.84.